The summed E-state index contributed by atoms with van der Waals surface area (Å²) in [6, 6.07) is 9.29. The summed E-state index contributed by atoms with van der Waals surface area (Å²) in [5, 5.41) is 10.5. The van der Waals surface area contributed by atoms with Gasteiger partial charge >= 0.3 is 0 Å². The SMILES string of the molecule is CCC(C)/C(C#N)=C(/N)N(N)c1ccc(OC)cc1. The molecular weight excluding hydrogens is 240 g/mol. The van der Waals surface area contributed by atoms with Crippen molar-refractivity contribution in [3.05, 3.63) is 35.7 Å². The lowest BCUT2D eigenvalue weighted by atomic mass is 9.99. The van der Waals surface area contributed by atoms with E-state index in [0.717, 1.165) is 12.2 Å². The average molecular weight is 260 g/mol. The van der Waals surface area contributed by atoms with Crippen molar-refractivity contribution < 1.29 is 4.74 Å². The van der Waals surface area contributed by atoms with Gasteiger partial charge in [0, 0.05) is 0 Å². The quantitative estimate of drug-likeness (QED) is 0.481. The van der Waals surface area contributed by atoms with Crippen LogP contribution < -0.4 is 21.3 Å². The van der Waals surface area contributed by atoms with Crippen molar-refractivity contribution in [3.8, 4) is 11.8 Å². The molecular formula is C14H20N4O. The Morgan fingerprint density at radius 1 is 1.42 bits per heavy atom. The Kier molecular flexibility index (Phi) is 5.22. The van der Waals surface area contributed by atoms with Crippen LogP contribution in [0.3, 0.4) is 0 Å². The number of hydrogen-bond acceptors (Lipinski definition) is 5. The molecule has 0 aliphatic rings. The van der Waals surface area contributed by atoms with E-state index in [9.17, 15) is 5.26 Å². The van der Waals surface area contributed by atoms with Crippen LogP contribution in [0.2, 0.25) is 0 Å². The first-order valence-electron chi connectivity index (χ1n) is 6.13. The molecule has 0 aromatic heterocycles. The van der Waals surface area contributed by atoms with E-state index in [1.54, 1.807) is 31.4 Å². The highest BCUT2D eigenvalue weighted by Gasteiger charge is 2.15. The summed E-state index contributed by atoms with van der Waals surface area (Å²) >= 11 is 0. The third kappa shape index (κ3) is 3.39. The fourth-order valence-corrected chi connectivity index (χ4v) is 1.64. The minimum Gasteiger partial charge on any atom is -0.497 e. The predicted molar refractivity (Wildman–Crippen MR) is 75.9 cm³/mol. The van der Waals surface area contributed by atoms with Gasteiger partial charge in [0.25, 0.3) is 0 Å². The third-order valence-corrected chi connectivity index (χ3v) is 3.11. The molecule has 0 aliphatic heterocycles. The highest BCUT2D eigenvalue weighted by Crippen LogP contribution is 2.22. The molecule has 1 aromatic carbocycles. The summed E-state index contributed by atoms with van der Waals surface area (Å²) in [6.07, 6.45) is 0.833. The first-order chi connectivity index (χ1) is 9.04. The summed E-state index contributed by atoms with van der Waals surface area (Å²) < 4.78 is 5.08. The lowest BCUT2D eigenvalue weighted by Gasteiger charge is -2.22. The molecule has 0 spiro atoms. The number of anilines is 1. The maximum atomic E-state index is 9.19. The van der Waals surface area contributed by atoms with Gasteiger partial charge in [-0.2, -0.15) is 5.26 Å². The van der Waals surface area contributed by atoms with Crippen molar-refractivity contribution >= 4 is 5.69 Å². The van der Waals surface area contributed by atoms with Crippen molar-refractivity contribution in [1.82, 2.24) is 0 Å². The van der Waals surface area contributed by atoms with E-state index in [2.05, 4.69) is 6.07 Å². The van der Waals surface area contributed by atoms with Crippen molar-refractivity contribution in [2.75, 3.05) is 12.1 Å². The number of nitrogens with zero attached hydrogens (tertiary/aromatic N) is 2. The molecule has 4 N–H and O–H groups in total. The monoisotopic (exact) mass is 260 g/mol. The lowest BCUT2D eigenvalue weighted by molar-refractivity contribution is 0.415. The molecule has 0 radical (unpaired) electrons. The molecule has 5 nitrogen and oxygen atoms in total. The highest BCUT2D eigenvalue weighted by molar-refractivity contribution is 5.53. The van der Waals surface area contributed by atoms with Crippen LogP contribution in [-0.4, -0.2) is 7.11 Å². The van der Waals surface area contributed by atoms with Crippen molar-refractivity contribution in [1.29, 1.82) is 5.26 Å². The molecule has 0 saturated carbocycles. The molecule has 0 fully saturated rings. The van der Waals surface area contributed by atoms with Gasteiger partial charge in [0.1, 0.15) is 11.6 Å². The number of rotatable bonds is 5. The topological polar surface area (TPSA) is 88.3 Å². The fourth-order valence-electron chi connectivity index (χ4n) is 1.64. The van der Waals surface area contributed by atoms with Crippen LogP contribution >= 0.6 is 0 Å². The number of methoxy groups -OCH3 is 1. The maximum Gasteiger partial charge on any atom is 0.132 e. The lowest BCUT2D eigenvalue weighted by Crippen LogP contribution is -2.36. The normalized spacial score (nSPS) is 13.2. The minimum atomic E-state index is 0.0781. The largest absolute Gasteiger partial charge is 0.497 e. The van der Waals surface area contributed by atoms with Crippen molar-refractivity contribution in [2.24, 2.45) is 17.5 Å². The molecule has 1 rings (SSSR count). The zero-order valence-electron chi connectivity index (χ0n) is 11.6. The van der Waals surface area contributed by atoms with Gasteiger partial charge < -0.3 is 10.5 Å². The molecule has 0 aliphatic carbocycles. The summed E-state index contributed by atoms with van der Waals surface area (Å²) in [6.45, 7) is 3.96. The van der Waals surface area contributed by atoms with Crippen LogP contribution in [0.1, 0.15) is 20.3 Å². The molecule has 1 unspecified atom stereocenters. The Bertz CT molecular complexity index is 487. The van der Waals surface area contributed by atoms with E-state index < -0.39 is 0 Å². The van der Waals surface area contributed by atoms with Gasteiger partial charge in [0.05, 0.1) is 24.4 Å². The Morgan fingerprint density at radius 2 is 2.00 bits per heavy atom. The molecule has 0 saturated heterocycles. The molecule has 1 atom stereocenters. The second-order valence-electron chi connectivity index (χ2n) is 4.29. The Labute approximate surface area is 114 Å². The van der Waals surface area contributed by atoms with Gasteiger partial charge in [-0.05, 0) is 36.6 Å². The van der Waals surface area contributed by atoms with E-state index >= 15 is 0 Å². The van der Waals surface area contributed by atoms with E-state index in [-0.39, 0.29) is 11.7 Å². The zero-order chi connectivity index (χ0) is 14.4. The highest BCUT2D eigenvalue weighted by atomic mass is 16.5. The minimum absolute atomic E-state index is 0.0781. The number of benzene rings is 1. The average Bonchev–Trinajstić information content (AvgIpc) is 2.46. The Hall–Kier alpha value is -2.19. The van der Waals surface area contributed by atoms with Crippen LogP contribution in [0, 0.1) is 17.2 Å². The van der Waals surface area contributed by atoms with E-state index in [4.69, 9.17) is 16.3 Å². The predicted octanol–water partition coefficient (Wildman–Crippen LogP) is 2.12. The summed E-state index contributed by atoms with van der Waals surface area (Å²) in [5.74, 6) is 7.05. The van der Waals surface area contributed by atoms with Gasteiger partial charge in [0.2, 0.25) is 0 Å². The molecule has 5 heteroatoms. The molecule has 0 bridgehead atoms. The van der Waals surface area contributed by atoms with Crippen molar-refractivity contribution in [3.63, 3.8) is 0 Å². The second-order valence-corrected chi connectivity index (χ2v) is 4.29. The summed E-state index contributed by atoms with van der Waals surface area (Å²) in [7, 11) is 1.60. The van der Waals surface area contributed by atoms with Gasteiger partial charge in [0.15, 0.2) is 0 Å². The second kappa shape index (κ2) is 6.66. The number of ether oxygens (including phenoxy) is 1. The van der Waals surface area contributed by atoms with Crippen molar-refractivity contribution in [2.45, 2.75) is 20.3 Å². The van der Waals surface area contributed by atoms with Crippen LogP contribution in [0.25, 0.3) is 0 Å². The van der Waals surface area contributed by atoms with Gasteiger partial charge in [-0.3, -0.25) is 5.01 Å². The smallest absolute Gasteiger partial charge is 0.132 e. The number of allylic oxidation sites excluding steroid dienone is 1. The van der Waals surface area contributed by atoms with Gasteiger partial charge in [-0.1, -0.05) is 13.8 Å². The molecule has 0 heterocycles. The number of hydrazine groups is 1. The molecule has 102 valence electrons. The Morgan fingerprint density at radius 3 is 2.42 bits per heavy atom. The van der Waals surface area contributed by atoms with E-state index in [0.29, 0.717) is 11.3 Å². The summed E-state index contributed by atoms with van der Waals surface area (Å²) in [4.78, 5) is 0. The third-order valence-electron chi connectivity index (χ3n) is 3.11. The number of nitriles is 1. The zero-order valence-corrected chi connectivity index (χ0v) is 11.6. The van der Waals surface area contributed by atoms with Crippen LogP contribution in [0.15, 0.2) is 35.7 Å². The molecule has 19 heavy (non-hydrogen) atoms. The van der Waals surface area contributed by atoms with E-state index in [1.165, 1.54) is 5.01 Å². The fraction of sp³-hybridized carbons (Fsp3) is 0.357. The number of nitrogens with two attached hydrogens (primary N) is 2. The summed E-state index contributed by atoms with van der Waals surface area (Å²) in [5.41, 5.74) is 7.18. The Balaban J connectivity index is 3.06. The molecule has 0 amide bonds. The van der Waals surface area contributed by atoms with Gasteiger partial charge in [-0.25, -0.2) is 5.84 Å². The van der Waals surface area contributed by atoms with Crippen LogP contribution in [0.5, 0.6) is 5.75 Å². The van der Waals surface area contributed by atoms with Crippen LogP contribution in [0.4, 0.5) is 5.69 Å². The maximum absolute atomic E-state index is 9.19. The van der Waals surface area contributed by atoms with Crippen LogP contribution in [-0.2, 0) is 0 Å². The van der Waals surface area contributed by atoms with E-state index in [1.807, 2.05) is 13.8 Å². The first kappa shape index (κ1) is 14.9. The standard InChI is InChI=1S/C14H20N4O/c1-4-10(2)13(9-15)14(16)18(17)11-5-7-12(19-3)8-6-11/h5-8,10H,4,16-17H2,1-3H3/b14-13-. The number of hydrogen-bond donors (Lipinski definition) is 2. The molecule has 1 aromatic rings. The van der Waals surface area contributed by atoms with Gasteiger partial charge in [-0.15, -0.1) is 0 Å². The first-order valence-corrected chi connectivity index (χ1v) is 6.13.